The van der Waals surface area contributed by atoms with Gasteiger partial charge in [0, 0.05) is 22.8 Å². The lowest BCUT2D eigenvalue weighted by molar-refractivity contribution is 0.233. The van der Waals surface area contributed by atoms with E-state index in [0.717, 1.165) is 16.0 Å². The first-order valence-corrected chi connectivity index (χ1v) is 10.9. The van der Waals surface area contributed by atoms with E-state index in [1.165, 1.54) is 21.7 Å². The van der Waals surface area contributed by atoms with Gasteiger partial charge >= 0.3 is 5.69 Å². The zero-order chi connectivity index (χ0) is 22.2. The maximum atomic E-state index is 13.2. The molecule has 8 heteroatoms. The first kappa shape index (κ1) is 21.4. The van der Waals surface area contributed by atoms with Gasteiger partial charge in [0.15, 0.2) is 5.82 Å². The molecule has 0 saturated carbocycles. The number of anilines is 1. The predicted molar refractivity (Wildman–Crippen MR) is 121 cm³/mol. The summed E-state index contributed by atoms with van der Waals surface area (Å²) in [5.41, 5.74) is 1.16. The summed E-state index contributed by atoms with van der Waals surface area (Å²) in [4.78, 5) is 20.8. The van der Waals surface area contributed by atoms with Gasteiger partial charge in [-0.15, -0.1) is 11.3 Å². The number of aliphatic hydroxyl groups is 1. The smallest absolute Gasteiger partial charge is 0.366 e. The van der Waals surface area contributed by atoms with Crippen molar-refractivity contribution in [3.63, 3.8) is 0 Å². The SMILES string of the molecule is CC(C)(C)c1ccc(Cn2ncc(N3CC=C(c4ccc(F)cc4)[C@@H](O)C3)nc2=O)s1. The molecule has 31 heavy (non-hydrogen) atoms. The molecule has 0 amide bonds. The average Bonchev–Trinajstić information content (AvgIpc) is 3.19. The lowest BCUT2D eigenvalue weighted by atomic mass is 9.95. The molecule has 0 fully saturated rings. The Morgan fingerprint density at radius 3 is 2.55 bits per heavy atom. The molecule has 0 radical (unpaired) electrons. The molecule has 0 bridgehead atoms. The number of β-amino-alcohol motifs (C(OH)–C–C–N with tert-alkyl or cyclic N) is 1. The number of halogens is 1. The monoisotopic (exact) mass is 440 g/mol. The molecular weight excluding hydrogens is 415 g/mol. The minimum Gasteiger partial charge on any atom is -0.387 e. The second-order valence-electron chi connectivity index (χ2n) is 8.66. The number of rotatable bonds is 4. The van der Waals surface area contributed by atoms with Gasteiger partial charge in [-0.3, -0.25) is 0 Å². The highest BCUT2D eigenvalue weighted by Gasteiger charge is 2.23. The van der Waals surface area contributed by atoms with Crippen molar-refractivity contribution in [2.24, 2.45) is 0 Å². The van der Waals surface area contributed by atoms with Crippen molar-refractivity contribution in [3.8, 4) is 0 Å². The third-order valence-electron chi connectivity index (χ3n) is 5.24. The Morgan fingerprint density at radius 2 is 1.94 bits per heavy atom. The van der Waals surface area contributed by atoms with Gasteiger partial charge in [-0.25, -0.2) is 13.9 Å². The van der Waals surface area contributed by atoms with Crippen LogP contribution in [0.1, 0.15) is 36.1 Å². The molecule has 0 aliphatic carbocycles. The quantitative estimate of drug-likeness (QED) is 0.673. The van der Waals surface area contributed by atoms with Crippen molar-refractivity contribution in [2.75, 3.05) is 18.0 Å². The molecule has 3 heterocycles. The number of aromatic nitrogens is 3. The van der Waals surface area contributed by atoms with Crippen LogP contribution in [-0.2, 0) is 12.0 Å². The summed E-state index contributed by atoms with van der Waals surface area (Å²) >= 11 is 1.67. The third kappa shape index (κ3) is 4.75. The number of benzene rings is 1. The highest BCUT2D eigenvalue weighted by atomic mass is 32.1. The van der Waals surface area contributed by atoms with Crippen LogP contribution in [0.5, 0.6) is 0 Å². The Balaban J connectivity index is 1.49. The lowest BCUT2D eigenvalue weighted by Gasteiger charge is -2.31. The van der Waals surface area contributed by atoms with Crippen LogP contribution in [0.2, 0.25) is 0 Å². The summed E-state index contributed by atoms with van der Waals surface area (Å²) in [7, 11) is 0. The van der Waals surface area contributed by atoms with E-state index in [0.29, 0.717) is 18.9 Å². The van der Waals surface area contributed by atoms with E-state index in [9.17, 15) is 14.3 Å². The fourth-order valence-electron chi connectivity index (χ4n) is 3.50. The largest absolute Gasteiger partial charge is 0.387 e. The predicted octanol–water partition coefficient (Wildman–Crippen LogP) is 3.45. The first-order valence-electron chi connectivity index (χ1n) is 10.1. The van der Waals surface area contributed by atoms with Crippen LogP contribution in [0, 0.1) is 5.82 Å². The second-order valence-corrected chi connectivity index (χ2v) is 9.83. The van der Waals surface area contributed by atoms with Crippen LogP contribution in [0.3, 0.4) is 0 Å². The van der Waals surface area contributed by atoms with Crippen molar-refractivity contribution in [1.29, 1.82) is 0 Å². The summed E-state index contributed by atoms with van der Waals surface area (Å²) in [5.74, 6) is 0.112. The van der Waals surface area contributed by atoms with Crippen molar-refractivity contribution in [3.05, 3.63) is 80.3 Å². The van der Waals surface area contributed by atoms with Gasteiger partial charge in [0.1, 0.15) is 5.82 Å². The summed E-state index contributed by atoms with van der Waals surface area (Å²) < 4.78 is 14.5. The minimum atomic E-state index is -0.773. The maximum absolute atomic E-state index is 13.2. The molecule has 3 aromatic rings. The van der Waals surface area contributed by atoms with Crippen LogP contribution < -0.4 is 10.6 Å². The zero-order valence-corrected chi connectivity index (χ0v) is 18.6. The highest BCUT2D eigenvalue weighted by Crippen LogP contribution is 2.29. The molecule has 162 valence electrons. The fourth-order valence-corrected chi connectivity index (χ4v) is 4.54. The third-order valence-corrected chi connectivity index (χ3v) is 6.73. The summed E-state index contributed by atoms with van der Waals surface area (Å²) in [6, 6.07) is 10.2. The lowest BCUT2D eigenvalue weighted by Crippen LogP contribution is -2.39. The van der Waals surface area contributed by atoms with E-state index in [2.05, 4.69) is 36.9 Å². The van der Waals surface area contributed by atoms with E-state index in [1.54, 1.807) is 34.6 Å². The average molecular weight is 441 g/mol. The van der Waals surface area contributed by atoms with Crippen molar-refractivity contribution in [2.45, 2.75) is 38.8 Å². The van der Waals surface area contributed by atoms with Crippen LogP contribution in [0.4, 0.5) is 10.2 Å². The molecule has 6 nitrogen and oxygen atoms in total. The van der Waals surface area contributed by atoms with Crippen molar-refractivity contribution < 1.29 is 9.50 Å². The Labute approximate surface area is 184 Å². The zero-order valence-electron chi connectivity index (χ0n) is 17.7. The molecule has 4 rings (SSSR count). The number of hydrogen-bond acceptors (Lipinski definition) is 6. The van der Waals surface area contributed by atoms with Gasteiger partial charge in [0.05, 0.1) is 18.8 Å². The topological polar surface area (TPSA) is 71.2 Å². The molecule has 1 atom stereocenters. The van der Waals surface area contributed by atoms with Gasteiger partial charge in [0.25, 0.3) is 0 Å². The number of thiophene rings is 1. The van der Waals surface area contributed by atoms with Crippen LogP contribution in [-0.4, -0.2) is 39.1 Å². The summed E-state index contributed by atoms with van der Waals surface area (Å²) in [5, 5.41) is 14.9. The Bertz CT molecular complexity index is 1160. The van der Waals surface area contributed by atoms with Crippen molar-refractivity contribution in [1.82, 2.24) is 14.8 Å². The highest BCUT2D eigenvalue weighted by molar-refractivity contribution is 7.12. The van der Waals surface area contributed by atoms with Crippen molar-refractivity contribution >= 4 is 22.7 Å². The maximum Gasteiger partial charge on any atom is 0.366 e. The molecule has 1 aliphatic rings. The van der Waals surface area contributed by atoms with Gasteiger partial charge in [0.2, 0.25) is 0 Å². The summed E-state index contributed by atoms with van der Waals surface area (Å²) in [6.45, 7) is 7.61. The van der Waals surface area contributed by atoms with Crippen LogP contribution >= 0.6 is 11.3 Å². The van der Waals surface area contributed by atoms with Gasteiger partial charge in [-0.1, -0.05) is 39.0 Å². The van der Waals surface area contributed by atoms with Gasteiger partial charge in [-0.2, -0.15) is 10.1 Å². The Hall–Kier alpha value is -2.84. The number of hydrogen-bond donors (Lipinski definition) is 1. The normalized spacial score (nSPS) is 17.0. The number of aliphatic hydroxyl groups excluding tert-OH is 1. The standard InChI is InChI=1S/C23H25FN4O2S/c1-23(2,3)20-9-8-17(31-20)13-28-22(30)26-21(12-25-28)27-11-10-18(19(29)14-27)15-4-6-16(24)7-5-15/h4-10,12,19,29H,11,13-14H2,1-3H3/t19-/m0/s1. The first-order chi connectivity index (χ1) is 14.7. The van der Waals surface area contributed by atoms with Gasteiger partial charge < -0.3 is 10.0 Å². The summed E-state index contributed by atoms with van der Waals surface area (Å²) in [6.07, 6.45) is 2.66. The second kappa shape index (κ2) is 8.36. The van der Waals surface area contributed by atoms with E-state index < -0.39 is 11.8 Å². The molecule has 1 N–H and O–H groups in total. The molecule has 1 aromatic carbocycles. The molecule has 2 aromatic heterocycles. The van der Waals surface area contributed by atoms with E-state index in [1.807, 2.05) is 12.1 Å². The molecule has 0 unspecified atom stereocenters. The molecular formula is C23H25FN4O2S. The van der Waals surface area contributed by atoms with E-state index in [4.69, 9.17) is 0 Å². The molecule has 1 aliphatic heterocycles. The van der Waals surface area contributed by atoms with Crippen LogP contribution in [0.25, 0.3) is 5.57 Å². The van der Waals surface area contributed by atoms with Gasteiger partial charge in [-0.05, 0) is 40.8 Å². The minimum absolute atomic E-state index is 0.0682. The van der Waals surface area contributed by atoms with Crippen LogP contribution in [0.15, 0.2) is 53.5 Å². The number of nitrogens with zero attached hydrogens (tertiary/aromatic N) is 4. The fraction of sp³-hybridized carbons (Fsp3) is 0.348. The Morgan fingerprint density at radius 1 is 1.19 bits per heavy atom. The molecule has 0 spiro atoms. The Kier molecular flexibility index (Phi) is 5.77. The molecule has 0 saturated heterocycles. The van der Waals surface area contributed by atoms with E-state index in [-0.39, 0.29) is 17.8 Å². The van der Waals surface area contributed by atoms with E-state index >= 15 is 0 Å².